The van der Waals surface area contributed by atoms with Gasteiger partial charge in [-0.1, -0.05) is 24.3 Å². The number of nitrogens with zero attached hydrogens (tertiary/aromatic N) is 1. The molecule has 0 aliphatic heterocycles. The number of fused-ring (bicyclic) bond motifs is 1. The van der Waals surface area contributed by atoms with E-state index in [0.717, 1.165) is 5.56 Å². The van der Waals surface area contributed by atoms with Crippen molar-refractivity contribution in [1.29, 1.82) is 0 Å². The first kappa shape index (κ1) is 12.9. The molecule has 0 fully saturated rings. The fraction of sp³-hybridized carbons (Fsp3) is 0.267. The molecule has 20 heavy (non-hydrogen) atoms. The van der Waals surface area contributed by atoms with Crippen LogP contribution >= 0.6 is 0 Å². The molecule has 104 valence electrons. The first-order valence-corrected chi connectivity index (χ1v) is 6.41. The Morgan fingerprint density at radius 2 is 2.25 bits per heavy atom. The van der Waals surface area contributed by atoms with Crippen molar-refractivity contribution in [1.82, 2.24) is 4.57 Å². The lowest BCUT2D eigenvalue weighted by Crippen LogP contribution is -2.24. The molecule has 0 saturated heterocycles. The Hall–Kier alpha value is -2.11. The van der Waals surface area contributed by atoms with Gasteiger partial charge in [0.25, 0.3) is 0 Å². The maximum absolute atomic E-state index is 11.9. The van der Waals surface area contributed by atoms with Gasteiger partial charge in [-0.25, -0.2) is 9.36 Å². The average Bonchev–Trinajstić information content (AvgIpc) is 2.73. The molecular formula is C15H15NO4. The summed E-state index contributed by atoms with van der Waals surface area (Å²) in [7, 11) is 0. The number of aliphatic hydroxyl groups excluding tert-OH is 2. The minimum Gasteiger partial charge on any atom is -0.408 e. The second-order valence-electron chi connectivity index (χ2n) is 4.98. The van der Waals surface area contributed by atoms with Crippen molar-refractivity contribution in [2.24, 2.45) is 0 Å². The fourth-order valence-electron chi connectivity index (χ4n) is 2.42. The van der Waals surface area contributed by atoms with Crippen LogP contribution in [0.25, 0.3) is 11.1 Å². The van der Waals surface area contributed by atoms with E-state index in [1.807, 2.05) is 13.0 Å². The zero-order valence-electron chi connectivity index (χ0n) is 11.0. The summed E-state index contributed by atoms with van der Waals surface area (Å²) in [5.41, 5.74) is 2.53. The number of aryl methyl sites for hydroxylation is 1. The van der Waals surface area contributed by atoms with Crippen LogP contribution in [-0.2, 0) is 0 Å². The van der Waals surface area contributed by atoms with Crippen LogP contribution in [0.1, 0.15) is 18.2 Å². The summed E-state index contributed by atoms with van der Waals surface area (Å²) in [6.07, 6.45) is 3.54. The molecule has 1 aromatic carbocycles. The SMILES string of the molecule is Cc1ccc2oc(=O)n(C(O)C3=CC=CC(O)C3)c2c1. The van der Waals surface area contributed by atoms with Crippen LogP contribution in [0.2, 0.25) is 0 Å². The van der Waals surface area contributed by atoms with Gasteiger partial charge in [0.05, 0.1) is 11.6 Å². The van der Waals surface area contributed by atoms with E-state index in [1.165, 1.54) is 4.57 Å². The minimum atomic E-state index is -1.13. The van der Waals surface area contributed by atoms with E-state index < -0.39 is 18.1 Å². The van der Waals surface area contributed by atoms with Crippen LogP contribution in [0.4, 0.5) is 0 Å². The molecule has 2 unspecified atom stereocenters. The molecule has 0 amide bonds. The molecule has 1 heterocycles. The van der Waals surface area contributed by atoms with Crippen LogP contribution < -0.4 is 5.76 Å². The van der Waals surface area contributed by atoms with Crippen LogP contribution in [0.15, 0.2) is 51.2 Å². The van der Waals surface area contributed by atoms with E-state index in [4.69, 9.17) is 4.42 Å². The lowest BCUT2D eigenvalue weighted by molar-refractivity contribution is 0.121. The molecule has 5 heteroatoms. The number of benzene rings is 1. The second-order valence-corrected chi connectivity index (χ2v) is 4.98. The Morgan fingerprint density at radius 3 is 3.00 bits per heavy atom. The van der Waals surface area contributed by atoms with Gasteiger partial charge in [-0.15, -0.1) is 0 Å². The van der Waals surface area contributed by atoms with Crippen molar-refractivity contribution < 1.29 is 14.6 Å². The molecule has 1 aromatic heterocycles. The third-order valence-corrected chi connectivity index (χ3v) is 3.43. The molecule has 0 spiro atoms. The fourth-order valence-corrected chi connectivity index (χ4v) is 2.42. The van der Waals surface area contributed by atoms with Crippen molar-refractivity contribution >= 4 is 11.1 Å². The Kier molecular flexibility index (Phi) is 3.08. The molecule has 3 rings (SSSR count). The number of oxazole rings is 1. The number of aliphatic hydroxyl groups is 2. The highest BCUT2D eigenvalue weighted by molar-refractivity contribution is 5.74. The predicted molar refractivity (Wildman–Crippen MR) is 74.3 cm³/mol. The van der Waals surface area contributed by atoms with Gasteiger partial charge in [-0.05, 0) is 30.2 Å². The molecule has 1 aliphatic carbocycles. The lowest BCUT2D eigenvalue weighted by Gasteiger charge is -2.19. The standard InChI is InChI=1S/C15H15NO4/c1-9-5-6-13-12(7-9)16(15(19)20-13)14(18)10-3-2-4-11(17)8-10/h2-7,11,14,17-18H,8H2,1H3. The predicted octanol–water partition coefficient (Wildman–Crippen LogP) is 1.64. The summed E-state index contributed by atoms with van der Waals surface area (Å²) in [4.78, 5) is 11.9. The van der Waals surface area contributed by atoms with E-state index in [2.05, 4.69) is 0 Å². The topological polar surface area (TPSA) is 75.6 Å². The van der Waals surface area contributed by atoms with Crippen molar-refractivity contribution in [3.63, 3.8) is 0 Å². The normalized spacial score (nSPS) is 20.1. The number of hydrogen-bond donors (Lipinski definition) is 2. The molecule has 1 aliphatic rings. The second kappa shape index (κ2) is 4.77. The third kappa shape index (κ3) is 2.11. The van der Waals surface area contributed by atoms with Crippen LogP contribution in [0.5, 0.6) is 0 Å². The molecule has 5 nitrogen and oxygen atoms in total. The van der Waals surface area contributed by atoms with Crippen LogP contribution in [0.3, 0.4) is 0 Å². The number of allylic oxidation sites excluding steroid dienone is 2. The average molecular weight is 273 g/mol. The summed E-state index contributed by atoms with van der Waals surface area (Å²) < 4.78 is 6.34. The number of aromatic nitrogens is 1. The number of hydrogen-bond acceptors (Lipinski definition) is 4. The summed E-state index contributed by atoms with van der Waals surface area (Å²) in [6.45, 7) is 1.90. The molecule has 2 aromatic rings. The van der Waals surface area contributed by atoms with E-state index >= 15 is 0 Å². The largest absolute Gasteiger partial charge is 0.422 e. The zero-order valence-corrected chi connectivity index (χ0v) is 11.0. The van der Waals surface area contributed by atoms with Gasteiger partial charge in [-0.2, -0.15) is 0 Å². The van der Waals surface area contributed by atoms with Gasteiger partial charge in [0.1, 0.15) is 0 Å². The van der Waals surface area contributed by atoms with E-state index in [1.54, 1.807) is 30.4 Å². The Bertz CT molecular complexity index is 766. The van der Waals surface area contributed by atoms with E-state index in [0.29, 0.717) is 23.1 Å². The van der Waals surface area contributed by atoms with Gasteiger partial charge in [0, 0.05) is 6.42 Å². The first-order chi connectivity index (χ1) is 9.56. The Balaban J connectivity index is 2.12. The number of rotatable bonds is 2. The summed E-state index contributed by atoms with van der Waals surface area (Å²) >= 11 is 0. The van der Waals surface area contributed by atoms with E-state index in [-0.39, 0.29) is 0 Å². The highest BCUT2D eigenvalue weighted by Crippen LogP contribution is 2.26. The quantitative estimate of drug-likeness (QED) is 0.872. The van der Waals surface area contributed by atoms with Gasteiger partial charge < -0.3 is 14.6 Å². The van der Waals surface area contributed by atoms with Gasteiger partial charge in [0.15, 0.2) is 11.8 Å². The molecule has 2 atom stereocenters. The van der Waals surface area contributed by atoms with Gasteiger partial charge >= 0.3 is 5.76 Å². The Morgan fingerprint density at radius 1 is 1.45 bits per heavy atom. The highest BCUT2D eigenvalue weighted by atomic mass is 16.4. The molecule has 0 radical (unpaired) electrons. The van der Waals surface area contributed by atoms with Crippen LogP contribution in [0, 0.1) is 6.92 Å². The monoisotopic (exact) mass is 273 g/mol. The zero-order chi connectivity index (χ0) is 14.3. The minimum absolute atomic E-state index is 0.294. The summed E-state index contributed by atoms with van der Waals surface area (Å²) in [6, 6.07) is 5.34. The summed E-state index contributed by atoms with van der Waals surface area (Å²) in [5.74, 6) is -0.608. The molecular weight excluding hydrogens is 258 g/mol. The van der Waals surface area contributed by atoms with Crippen molar-refractivity contribution in [3.05, 3.63) is 58.1 Å². The molecule has 2 N–H and O–H groups in total. The third-order valence-electron chi connectivity index (χ3n) is 3.43. The van der Waals surface area contributed by atoms with Crippen LogP contribution in [-0.4, -0.2) is 20.9 Å². The Labute approximate surface area is 115 Å². The lowest BCUT2D eigenvalue weighted by atomic mass is 10.0. The van der Waals surface area contributed by atoms with Crippen molar-refractivity contribution in [2.75, 3.05) is 0 Å². The van der Waals surface area contributed by atoms with Crippen molar-refractivity contribution in [2.45, 2.75) is 25.7 Å². The highest BCUT2D eigenvalue weighted by Gasteiger charge is 2.22. The molecule has 0 bridgehead atoms. The van der Waals surface area contributed by atoms with Crippen molar-refractivity contribution in [3.8, 4) is 0 Å². The first-order valence-electron chi connectivity index (χ1n) is 6.41. The maximum Gasteiger partial charge on any atom is 0.422 e. The maximum atomic E-state index is 11.9. The van der Waals surface area contributed by atoms with Gasteiger partial charge in [-0.3, -0.25) is 0 Å². The van der Waals surface area contributed by atoms with E-state index in [9.17, 15) is 15.0 Å². The summed E-state index contributed by atoms with van der Waals surface area (Å²) in [5, 5.41) is 20.0. The molecule has 0 saturated carbocycles. The smallest absolute Gasteiger partial charge is 0.408 e. The van der Waals surface area contributed by atoms with Gasteiger partial charge in [0.2, 0.25) is 0 Å².